The Morgan fingerprint density at radius 1 is 1.21 bits per heavy atom. The van der Waals surface area contributed by atoms with E-state index in [1.807, 2.05) is 6.07 Å². The van der Waals surface area contributed by atoms with Gasteiger partial charge in [0.1, 0.15) is 17.4 Å². The molecule has 0 atom stereocenters. The van der Waals surface area contributed by atoms with Crippen LogP contribution in [0.3, 0.4) is 0 Å². The van der Waals surface area contributed by atoms with Crippen LogP contribution >= 0.6 is 0 Å². The zero-order valence-corrected chi connectivity index (χ0v) is 11.9. The van der Waals surface area contributed by atoms with Crippen LogP contribution in [0.2, 0.25) is 0 Å². The number of nitrogens with zero attached hydrogens (tertiary/aromatic N) is 1. The van der Waals surface area contributed by atoms with E-state index in [1.165, 1.54) is 31.7 Å². The zero-order chi connectivity index (χ0) is 14.1. The molecular weight excluding hydrogens is 239 g/mol. The second-order valence-corrected chi connectivity index (χ2v) is 5.30. The Morgan fingerprint density at radius 2 is 1.95 bits per heavy atom. The van der Waals surface area contributed by atoms with E-state index in [4.69, 9.17) is 5.26 Å². The summed E-state index contributed by atoms with van der Waals surface area (Å²) in [5, 5.41) is 12.0. The molecule has 0 aliphatic rings. The van der Waals surface area contributed by atoms with Gasteiger partial charge >= 0.3 is 0 Å². The van der Waals surface area contributed by atoms with Crippen LogP contribution in [-0.4, -0.2) is 6.54 Å². The van der Waals surface area contributed by atoms with Crippen molar-refractivity contribution in [1.82, 2.24) is 0 Å². The van der Waals surface area contributed by atoms with E-state index in [9.17, 15) is 4.39 Å². The highest BCUT2D eigenvalue weighted by Gasteiger charge is 2.06. The van der Waals surface area contributed by atoms with Crippen molar-refractivity contribution in [2.75, 3.05) is 11.9 Å². The number of unbranched alkanes of at least 4 members (excludes halogenated alkanes) is 3. The van der Waals surface area contributed by atoms with Gasteiger partial charge in [-0.2, -0.15) is 5.26 Å². The van der Waals surface area contributed by atoms with E-state index in [0.717, 1.165) is 18.9 Å². The quantitative estimate of drug-likeness (QED) is 0.688. The number of rotatable bonds is 8. The van der Waals surface area contributed by atoms with Crippen LogP contribution in [0.15, 0.2) is 18.2 Å². The second-order valence-electron chi connectivity index (χ2n) is 5.30. The number of nitrogens with one attached hydrogen (secondary N) is 1. The minimum absolute atomic E-state index is 0.113. The number of hydrogen-bond donors (Lipinski definition) is 1. The molecule has 0 spiro atoms. The lowest BCUT2D eigenvalue weighted by Gasteiger charge is -2.08. The van der Waals surface area contributed by atoms with Crippen molar-refractivity contribution in [3.63, 3.8) is 0 Å². The van der Waals surface area contributed by atoms with Gasteiger partial charge in [-0.3, -0.25) is 0 Å². The summed E-state index contributed by atoms with van der Waals surface area (Å²) in [6.45, 7) is 5.28. The molecule has 0 aliphatic heterocycles. The molecule has 0 saturated carbocycles. The van der Waals surface area contributed by atoms with Crippen molar-refractivity contribution in [1.29, 1.82) is 5.26 Å². The van der Waals surface area contributed by atoms with E-state index < -0.39 is 5.82 Å². The van der Waals surface area contributed by atoms with Gasteiger partial charge in [0.05, 0.1) is 5.69 Å². The monoisotopic (exact) mass is 262 g/mol. The third kappa shape index (κ3) is 5.74. The summed E-state index contributed by atoms with van der Waals surface area (Å²) in [5.41, 5.74) is 0.715. The summed E-state index contributed by atoms with van der Waals surface area (Å²) in [6.07, 6.45) is 6.04. The van der Waals surface area contributed by atoms with Crippen LogP contribution in [0.1, 0.15) is 51.5 Å². The van der Waals surface area contributed by atoms with Crippen LogP contribution in [-0.2, 0) is 0 Å². The van der Waals surface area contributed by atoms with Gasteiger partial charge in [0.2, 0.25) is 0 Å². The van der Waals surface area contributed by atoms with E-state index in [0.29, 0.717) is 5.69 Å². The SMILES string of the molecule is CC(C)CCCCCCNc1cccc(F)c1C#N. The van der Waals surface area contributed by atoms with Crippen LogP contribution in [0, 0.1) is 23.1 Å². The van der Waals surface area contributed by atoms with Crippen LogP contribution in [0.4, 0.5) is 10.1 Å². The van der Waals surface area contributed by atoms with Gasteiger partial charge in [-0.15, -0.1) is 0 Å². The highest BCUT2D eigenvalue weighted by molar-refractivity contribution is 5.57. The molecule has 0 aromatic heterocycles. The molecule has 104 valence electrons. The maximum atomic E-state index is 13.3. The Morgan fingerprint density at radius 3 is 2.63 bits per heavy atom. The Labute approximate surface area is 115 Å². The predicted octanol–water partition coefficient (Wildman–Crippen LogP) is 4.72. The van der Waals surface area contributed by atoms with E-state index in [2.05, 4.69) is 19.2 Å². The summed E-state index contributed by atoms with van der Waals surface area (Å²) in [4.78, 5) is 0. The summed E-state index contributed by atoms with van der Waals surface area (Å²) in [7, 11) is 0. The normalized spacial score (nSPS) is 10.5. The van der Waals surface area contributed by atoms with Crippen molar-refractivity contribution < 1.29 is 4.39 Å². The molecule has 0 unspecified atom stereocenters. The highest BCUT2D eigenvalue weighted by atomic mass is 19.1. The maximum Gasteiger partial charge on any atom is 0.143 e. The summed E-state index contributed by atoms with van der Waals surface area (Å²) in [5.74, 6) is 0.327. The minimum Gasteiger partial charge on any atom is -0.384 e. The first-order chi connectivity index (χ1) is 9.15. The smallest absolute Gasteiger partial charge is 0.143 e. The number of anilines is 1. The zero-order valence-electron chi connectivity index (χ0n) is 11.9. The Hall–Kier alpha value is -1.56. The molecule has 1 aromatic rings. The molecule has 0 amide bonds. The van der Waals surface area contributed by atoms with E-state index in [-0.39, 0.29) is 5.56 Å². The fourth-order valence-electron chi connectivity index (χ4n) is 2.04. The van der Waals surface area contributed by atoms with Gasteiger partial charge in [-0.1, -0.05) is 45.6 Å². The number of halogens is 1. The summed E-state index contributed by atoms with van der Waals surface area (Å²) < 4.78 is 13.3. The molecular formula is C16H23FN2. The summed E-state index contributed by atoms with van der Waals surface area (Å²) in [6, 6.07) is 6.59. The second kappa shape index (κ2) is 8.53. The van der Waals surface area contributed by atoms with Crippen molar-refractivity contribution in [2.45, 2.75) is 46.0 Å². The van der Waals surface area contributed by atoms with E-state index in [1.54, 1.807) is 12.1 Å². The van der Waals surface area contributed by atoms with Crippen LogP contribution < -0.4 is 5.32 Å². The third-order valence-corrected chi connectivity index (χ3v) is 3.15. The number of hydrogen-bond acceptors (Lipinski definition) is 2. The lowest BCUT2D eigenvalue weighted by molar-refractivity contribution is 0.523. The largest absolute Gasteiger partial charge is 0.384 e. The molecule has 1 N–H and O–H groups in total. The van der Waals surface area contributed by atoms with Gasteiger partial charge < -0.3 is 5.32 Å². The van der Waals surface area contributed by atoms with Gasteiger partial charge in [-0.25, -0.2) is 4.39 Å². The molecule has 0 fully saturated rings. The molecule has 0 heterocycles. The number of benzene rings is 1. The van der Waals surface area contributed by atoms with Crippen LogP contribution in [0.5, 0.6) is 0 Å². The lowest BCUT2D eigenvalue weighted by Crippen LogP contribution is -2.04. The molecule has 1 rings (SSSR count). The average molecular weight is 262 g/mol. The molecule has 0 bridgehead atoms. The van der Waals surface area contributed by atoms with Gasteiger partial charge in [-0.05, 0) is 24.5 Å². The van der Waals surface area contributed by atoms with Crippen LogP contribution in [0.25, 0.3) is 0 Å². The minimum atomic E-state index is -0.454. The fraction of sp³-hybridized carbons (Fsp3) is 0.562. The topological polar surface area (TPSA) is 35.8 Å². The molecule has 3 heteroatoms. The summed E-state index contributed by atoms with van der Waals surface area (Å²) >= 11 is 0. The molecule has 0 radical (unpaired) electrons. The Kier molecular flexibility index (Phi) is 6.95. The first-order valence-electron chi connectivity index (χ1n) is 7.07. The molecule has 0 saturated heterocycles. The Balaban J connectivity index is 2.23. The molecule has 0 aliphatic carbocycles. The standard InChI is InChI=1S/C16H23FN2/c1-13(2)8-5-3-4-6-11-19-16-10-7-9-15(17)14(16)12-18/h7,9-10,13,19H,3-6,8,11H2,1-2H3. The van der Waals surface area contributed by atoms with Crippen molar-refractivity contribution >= 4 is 5.69 Å². The van der Waals surface area contributed by atoms with Crippen molar-refractivity contribution in [3.05, 3.63) is 29.6 Å². The maximum absolute atomic E-state index is 13.3. The Bertz CT molecular complexity index is 421. The van der Waals surface area contributed by atoms with Crippen molar-refractivity contribution in [3.8, 4) is 6.07 Å². The van der Waals surface area contributed by atoms with Crippen molar-refractivity contribution in [2.24, 2.45) is 5.92 Å². The molecule has 2 nitrogen and oxygen atoms in total. The fourth-order valence-corrected chi connectivity index (χ4v) is 2.04. The lowest BCUT2D eigenvalue weighted by atomic mass is 10.0. The average Bonchev–Trinajstić information content (AvgIpc) is 2.37. The predicted molar refractivity (Wildman–Crippen MR) is 77.5 cm³/mol. The van der Waals surface area contributed by atoms with Gasteiger partial charge in [0.25, 0.3) is 0 Å². The first kappa shape index (κ1) is 15.5. The third-order valence-electron chi connectivity index (χ3n) is 3.15. The highest BCUT2D eigenvalue weighted by Crippen LogP contribution is 2.18. The van der Waals surface area contributed by atoms with Gasteiger partial charge in [0.15, 0.2) is 0 Å². The van der Waals surface area contributed by atoms with E-state index >= 15 is 0 Å². The number of nitriles is 1. The van der Waals surface area contributed by atoms with Gasteiger partial charge in [0, 0.05) is 6.54 Å². The first-order valence-corrected chi connectivity index (χ1v) is 7.07. The molecule has 1 aromatic carbocycles. The molecule has 19 heavy (non-hydrogen) atoms.